The summed E-state index contributed by atoms with van der Waals surface area (Å²) in [6.07, 6.45) is 1.28. The normalized spacial score (nSPS) is 20.1. The summed E-state index contributed by atoms with van der Waals surface area (Å²) < 4.78 is 27.5. The largest absolute Gasteiger partial charge is 0.338 e. The summed E-state index contributed by atoms with van der Waals surface area (Å²) in [7, 11) is -2.88. The molecule has 0 spiro atoms. The molecule has 0 aliphatic carbocycles. The second-order valence-electron chi connectivity index (χ2n) is 5.36. The minimum absolute atomic E-state index is 0.105. The van der Waals surface area contributed by atoms with Gasteiger partial charge in [0.25, 0.3) is 0 Å². The van der Waals surface area contributed by atoms with Crippen molar-refractivity contribution in [2.75, 3.05) is 44.7 Å². The molecule has 1 atom stereocenters. The van der Waals surface area contributed by atoms with Gasteiger partial charge in [-0.1, -0.05) is 5.16 Å². The lowest BCUT2D eigenvalue weighted by molar-refractivity contribution is 0.0917. The second-order valence-corrected chi connectivity index (χ2v) is 7.62. The van der Waals surface area contributed by atoms with Crippen LogP contribution in [0.3, 0.4) is 0 Å². The van der Waals surface area contributed by atoms with Crippen molar-refractivity contribution in [2.45, 2.75) is 19.9 Å². The number of hydrogen-bond donors (Lipinski definition) is 0. The summed E-state index contributed by atoms with van der Waals surface area (Å²) >= 11 is 0. The lowest BCUT2D eigenvalue weighted by atomic mass is 10.2. The molecule has 7 nitrogen and oxygen atoms in total. The lowest BCUT2D eigenvalue weighted by Crippen LogP contribution is -2.48. The summed E-state index contributed by atoms with van der Waals surface area (Å²) in [4.78, 5) is 8.73. The maximum atomic E-state index is 11.2. The first-order valence-corrected chi connectivity index (χ1v) is 8.85. The van der Waals surface area contributed by atoms with Crippen LogP contribution in [0.15, 0.2) is 4.52 Å². The molecule has 0 radical (unpaired) electrons. The van der Waals surface area contributed by atoms with Crippen molar-refractivity contribution >= 4 is 9.84 Å². The molecule has 0 bridgehead atoms. The van der Waals surface area contributed by atoms with Crippen LogP contribution >= 0.6 is 0 Å². The maximum absolute atomic E-state index is 11.2. The van der Waals surface area contributed by atoms with E-state index < -0.39 is 9.84 Å². The van der Waals surface area contributed by atoms with E-state index in [1.54, 1.807) is 0 Å². The third kappa shape index (κ3) is 4.26. The zero-order valence-electron chi connectivity index (χ0n) is 12.2. The molecule has 1 aromatic rings. The highest BCUT2D eigenvalue weighted by atomic mass is 32.2. The van der Waals surface area contributed by atoms with E-state index in [9.17, 15) is 8.42 Å². The van der Waals surface area contributed by atoms with Gasteiger partial charge in [0.15, 0.2) is 5.82 Å². The van der Waals surface area contributed by atoms with Crippen LogP contribution in [-0.2, 0) is 9.84 Å². The van der Waals surface area contributed by atoms with Gasteiger partial charge < -0.3 is 4.52 Å². The maximum Gasteiger partial charge on any atom is 0.243 e. The van der Waals surface area contributed by atoms with Crippen molar-refractivity contribution in [3.63, 3.8) is 0 Å². The summed E-state index contributed by atoms with van der Waals surface area (Å²) in [5, 5.41) is 3.81. The van der Waals surface area contributed by atoms with Crippen LogP contribution in [-0.4, -0.2) is 73.1 Å². The topological polar surface area (TPSA) is 79.5 Å². The number of nitrogens with zero attached hydrogens (tertiary/aromatic N) is 4. The molecule has 0 aromatic carbocycles. The molecule has 1 aliphatic rings. The van der Waals surface area contributed by atoms with E-state index in [-0.39, 0.29) is 11.8 Å². The molecule has 0 amide bonds. The van der Waals surface area contributed by atoms with Crippen LogP contribution in [0.5, 0.6) is 0 Å². The van der Waals surface area contributed by atoms with Gasteiger partial charge in [0.05, 0.1) is 11.8 Å². The SMILES string of the molecule is Cc1noc(C(C)N2CCN(CCS(C)(=O)=O)CC2)n1. The third-order valence-corrected chi connectivity index (χ3v) is 4.56. The molecule has 1 fully saturated rings. The summed E-state index contributed by atoms with van der Waals surface area (Å²) in [5.74, 6) is 1.52. The number of rotatable bonds is 5. The van der Waals surface area contributed by atoms with Gasteiger partial charge in [0.1, 0.15) is 9.84 Å². The van der Waals surface area contributed by atoms with E-state index in [0.717, 1.165) is 26.2 Å². The van der Waals surface area contributed by atoms with Crippen LogP contribution in [0.4, 0.5) is 0 Å². The standard InChI is InChI=1S/C12H22N4O3S/c1-10(12-13-11(2)14-19-12)16-6-4-15(5-7-16)8-9-20(3,17)18/h10H,4-9H2,1-3H3. The quantitative estimate of drug-likeness (QED) is 0.763. The number of piperazine rings is 1. The number of aryl methyl sites for hydroxylation is 1. The molecule has 8 heteroatoms. The Morgan fingerprint density at radius 1 is 1.30 bits per heavy atom. The van der Waals surface area contributed by atoms with Crippen molar-refractivity contribution in [1.29, 1.82) is 0 Å². The molecule has 1 aromatic heterocycles. The number of sulfone groups is 1. The van der Waals surface area contributed by atoms with E-state index >= 15 is 0 Å². The lowest BCUT2D eigenvalue weighted by Gasteiger charge is -2.36. The predicted octanol–water partition coefficient (Wildman–Crippen LogP) is 0.101. The minimum Gasteiger partial charge on any atom is -0.338 e. The Hall–Kier alpha value is -0.990. The fourth-order valence-electron chi connectivity index (χ4n) is 2.31. The van der Waals surface area contributed by atoms with Crippen molar-refractivity contribution < 1.29 is 12.9 Å². The molecule has 1 aliphatic heterocycles. The summed E-state index contributed by atoms with van der Waals surface area (Å²) in [5.41, 5.74) is 0. The zero-order chi connectivity index (χ0) is 14.8. The molecule has 0 N–H and O–H groups in total. The van der Waals surface area contributed by atoms with Gasteiger partial charge >= 0.3 is 0 Å². The first-order chi connectivity index (χ1) is 9.35. The van der Waals surface area contributed by atoms with Crippen molar-refractivity contribution in [2.24, 2.45) is 0 Å². The Labute approximate surface area is 119 Å². The Morgan fingerprint density at radius 2 is 1.95 bits per heavy atom. The van der Waals surface area contributed by atoms with E-state index in [2.05, 4.69) is 26.9 Å². The molecule has 1 saturated heterocycles. The van der Waals surface area contributed by atoms with Gasteiger partial charge in [-0.15, -0.1) is 0 Å². The van der Waals surface area contributed by atoms with Crippen molar-refractivity contribution in [3.05, 3.63) is 11.7 Å². The fraction of sp³-hybridized carbons (Fsp3) is 0.833. The molecular weight excluding hydrogens is 280 g/mol. The van der Waals surface area contributed by atoms with Crippen LogP contribution in [0.25, 0.3) is 0 Å². The highest BCUT2D eigenvalue weighted by Gasteiger charge is 2.25. The second kappa shape index (κ2) is 6.19. The fourth-order valence-corrected chi connectivity index (χ4v) is 2.90. The van der Waals surface area contributed by atoms with Gasteiger partial charge in [0, 0.05) is 39.0 Å². The first-order valence-electron chi connectivity index (χ1n) is 6.79. The van der Waals surface area contributed by atoms with Crippen LogP contribution in [0, 0.1) is 6.92 Å². The van der Waals surface area contributed by atoms with Gasteiger partial charge in [-0.05, 0) is 13.8 Å². The van der Waals surface area contributed by atoms with E-state index in [4.69, 9.17) is 4.52 Å². The Kier molecular flexibility index (Phi) is 4.77. The van der Waals surface area contributed by atoms with Crippen LogP contribution < -0.4 is 0 Å². The third-order valence-electron chi connectivity index (χ3n) is 3.63. The minimum atomic E-state index is -2.88. The highest BCUT2D eigenvalue weighted by Crippen LogP contribution is 2.19. The van der Waals surface area contributed by atoms with Gasteiger partial charge in [-0.3, -0.25) is 9.80 Å². The Morgan fingerprint density at radius 3 is 2.45 bits per heavy atom. The van der Waals surface area contributed by atoms with Crippen LogP contribution in [0.1, 0.15) is 24.7 Å². The average Bonchev–Trinajstić information content (AvgIpc) is 2.82. The zero-order valence-corrected chi connectivity index (χ0v) is 13.1. The van der Waals surface area contributed by atoms with Gasteiger partial charge in [-0.2, -0.15) is 4.98 Å². The smallest absolute Gasteiger partial charge is 0.243 e. The summed E-state index contributed by atoms with van der Waals surface area (Å²) in [6, 6.07) is 0.105. The highest BCUT2D eigenvalue weighted by molar-refractivity contribution is 7.90. The number of hydrogen-bond acceptors (Lipinski definition) is 7. The van der Waals surface area contributed by atoms with Crippen LogP contribution in [0.2, 0.25) is 0 Å². The van der Waals surface area contributed by atoms with Crippen molar-refractivity contribution in [3.8, 4) is 0 Å². The van der Waals surface area contributed by atoms with Gasteiger partial charge in [-0.25, -0.2) is 8.42 Å². The molecule has 20 heavy (non-hydrogen) atoms. The molecule has 2 heterocycles. The van der Waals surface area contributed by atoms with E-state index in [1.807, 2.05) is 6.92 Å². The molecular formula is C12H22N4O3S. The predicted molar refractivity (Wildman–Crippen MR) is 75.2 cm³/mol. The Balaban J connectivity index is 1.82. The Bertz CT molecular complexity index is 535. The molecule has 114 valence electrons. The van der Waals surface area contributed by atoms with Crippen molar-refractivity contribution in [1.82, 2.24) is 19.9 Å². The summed E-state index contributed by atoms with van der Waals surface area (Å²) in [6.45, 7) is 7.97. The number of aromatic nitrogens is 2. The first kappa shape index (κ1) is 15.4. The molecule has 2 rings (SSSR count). The van der Waals surface area contributed by atoms with E-state index in [0.29, 0.717) is 18.3 Å². The molecule has 1 unspecified atom stereocenters. The molecule has 0 saturated carbocycles. The van der Waals surface area contributed by atoms with E-state index in [1.165, 1.54) is 6.26 Å². The monoisotopic (exact) mass is 302 g/mol. The average molecular weight is 302 g/mol. The van der Waals surface area contributed by atoms with Gasteiger partial charge in [0.2, 0.25) is 5.89 Å².